The lowest BCUT2D eigenvalue weighted by molar-refractivity contribution is -0.117. The van der Waals surface area contributed by atoms with Crippen LogP contribution >= 0.6 is 22.9 Å². The Labute approximate surface area is 161 Å². The highest BCUT2D eigenvalue weighted by Crippen LogP contribution is 2.35. The SMILES string of the molecule is Cc1ccc(N2C[C@H](c3nnc(NC(=O)CC(C)C)s3)CC2=O)cc1Cl. The van der Waals surface area contributed by atoms with Crippen molar-refractivity contribution in [1.82, 2.24) is 10.2 Å². The van der Waals surface area contributed by atoms with E-state index in [1.54, 1.807) is 4.90 Å². The zero-order valence-corrected chi connectivity index (χ0v) is 16.5. The van der Waals surface area contributed by atoms with Crippen LogP contribution in [0.25, 0.3) is 0 Å². The Bertz CT molecular complexity index is 836. The van der Waals surface area contributed by atoms with Crippen molar-refractivity contribution in [3.05, 3.63) is 33.8 Å². The number of halogens is 1. The highest BCUT2D eigenvalue weighted by Gasteiger charge is 2.34. The van der Waals surface area contributed by atoms with Crippen LogP contribution in [0, 0.1) is 12.8 Å². The molecule has 2 amide bonds. The minimum absolute atomic E-state index is 0.0316. The molecule has 1 atom stereocenters. The monoisotopic (exact) mass is 392 g/mol. The summed E-state index contributed by atoms with van der Waals surface area (Å²) < 4.78 is 0. The van der Waals surface area contributed by atoms with E-state index in [4.69, 9.17) is 11.6 Å². The van der Waals surface area contributed by atoms with Crippen molar-refractivity contribution in [2.24, 2.45) is 5.92 Å². The van der Waals surface area contributed by atoms with Crippen LogP contribution in [-0.4, -0.2) is 28.6 Å². The molecule has 0 radical (unpaired) electrons. The fourth-order valence-corrected chi connectivity index (χ4v) is 3.89. The van der Waals surface area contributed by atoms with Gasteiger partial charge in [-0.2, -0.15) is 0 Å². The molecule has 0 aliphatic carbocycles. The predicted molar refractivity (Wildman–Crippen MR) is 104 cm³/mol. The number of nitrogens with zero attached hydrogens (tertiary/aromatic N) is 3. The third-order valence-electron chi connectivity index (χ3n) is 4.22. The summed E-state index contributed by atoms with van der Waals surface area (Å²) in [6.45, 7) is 6.44. The van der Waals surface area contributed by atoms with Crippen LogP contribution in [0.15, 0.2) is 18.2 Å². The van der Waals surface area contributed by atoms with Crippen LogP contribution in [0.5, 0.6) is 0 Å². The van der Waals surface area contributed by atoms with E-state index in [0.29, 0.717) is 29.5 Å². The van der Waals surface area contributed by atoms with E-state index in [1.165, 1.54) is 11.3 Å². The molecule has 2 aromatic rings. The van der Waals surface area contributed by atoms with Crippen LogP contribution in [0.2, 0.25) is 5.02 Å². The molecule has 1 fully saturated rings. The molecular formula is C18H21ClN4O2S. The standard InChI is InChI=1S/C18H21ClN4O2S/c1-10(2)6-15(24)20-18-22-21-17(26-18)12-7-16(25)23(9-12)13-5-4-11(3)14(19)8-13/h4-5,8,10,12H,6-7,9H2,1-3H3,(H,20,22,24)/t12-/m1/s1. The molecule has 138 valence electrons. The summed E-state index contributed by atoms with van der Waals surface area (Å²) in [4.78, 5) is 26.0. The Morgan fingerprint density at radius 1 is 1.42 bits per heavy atom. The van der Waals surface area contributed by atoms with Crippen LogP contribution in [0.1, 0.15) is 43.2 Å². The second-order valence-electron chi connectivity index (χ2n) is 6.93. The summed E-state index contributed by atoms with van der Waals surface area (Å²) in [6.07, 6.45) is 0.818. The van der Waals surface area contributed by atoms with E-state index >= 15 is 0 Å². The van der Waals surface area contributed by atoms with Gasteiger partial charge in [-0.1, -0.05) is 42.9 Å². The predicted octanol–water partition coefficient (Wildman–Crippen LogP) is 4.01. The number of carbonyl (C=O) groups is 2. The maximum Gasteiger partial charge on any atom is 0.227 e. The molecule has 0 saturated carbocycles. The van der Waals surface area contributed by atoms with E-state index in [0.717, 1.165) is 16.3 Å². The Morgan fingerprint density at radius 2 is 2.19 bits per heavy atom. The molecule has 0 bridgehead atoms. The number of amides is 2. The fraction of sp³-hybridized carbons (Fsp3) is 0.444. The van der Waals surface area contributed by atoms with Crippen molar-refractivity contribution < 1.29 is 9.59 Å². The van der Waals surface area contributed by atoms with Crippen LogP contribution in [0.4, 0.5) is 10.8 Å². The van der Waals surface area contributed by atoms with E-state index in [9.17, 15) is 9.59 Å². The number of hydrogen-bond donors (Lipinski definition) is 1. The smallest absolute Gasteiger partial charge is 0.227 e. The zero-order chi connectivity index (χ0) is 18.8. The first-order valence-electron chi connectivity index (χ1n) is 8.53. The fourth-order valence-electron chi connectivity index (χ4n) is 2.86. The molecule has 1 aliphatic rings. The van der Waals surface area contributed by atoms with Crippen molar-refractivity contribution in [3.63, 3.8) is 0 Å². The molecule has 1 aromatic heterocycles. The van der Waals surface area contributed by atoms with E-state index in [-0.39, 0.29) is 23.7 Å². The zero-order valence-electron chi connectivity index (χ0n) is 15.0. The number of rotatable bonds is 5. The summed E-state index contributed by atoms with van der Waals surface area (Å²) in [7, 11) is 0. The lowest BCUT2D eigenvalue weighted by Gasteiger charge is -2.17. The number of benzene rings is 1. The van der Waals surface area contributed by atoms with Crippen molar-refractivity contribution in [2.75, 3.05) is 16.8 Å². The number of hydrogen-bond acceptors (Lipinski definition) is 5. The first kappa shape index (κ1) is 18.8. The molecule has 3 rings (SSSR count). The van der Waals surface area contributed by atoms with Gasteiger partial charge in [0.15, 0.2) is 0 Å². The highest BCUT2D eigenvalue weighted by molar-refractivity contribution is 7.15. The molecule has 2 heterocycles. The topological polar surface area (TPSA) is 75.2 Å². The largest absolute Gasteiger partial charge is 0.312 e. The average Bonchev–Trinajstić information content (AvgIpc) is 3.16. The van der Waals surface area contributed by atoms with Gasteiger partial charge in [0, 0.05) is 36.0 Å². The van der Waals surface area contributed by atoms with Gasteiger partial charge in [-0.25, -0.2) is 0 Å². The van der Waals surface area contributed by atoms with Gasteiger partial charge in [0.05, 0.1) is 0 Å². The summed E-state index contributed by atoms with van der Waals surface area (Å²) in [5, 5.41) is 12.9. The molecule has 1 aromatic carbocycles. The molecule has 1 N–H and O–H groups in total. The van der Waals surface area contributed by atoms with E-state index in [1.807, 2.05) is 39.0 Å². The summed E-state index contributed by atoms with van der Waals surface area (Å²) in [6, 6.07) is 5.62. The van der Waals surface area contributed by atoms with Crippen molar-refractivity contribution in [2.45, 2.75) is 39.5 Å². The lowest BCUT2D eigenvalue weighted by atomic mass is 10.1. The lowest BCUT2D eigenvalue weighted by Crippen LogP contribution is -2.24. The molecule has 1 saturated heterocycles. The molecule has 26 heavy (non-hydrogen) atoms. The molecular weight excluding hydrogens is 372 g/mol. The molecule has 6 nitrogen and oxygen atoms in total. The van der Waals surface area contributed by atoms with E-state index < -0.39 is 0 Å². The highest BCUT2D eigenvalue weighted by atomic mass is 35.5. The minimum Gasteiger partial charge on any atom is -0.312 e. The van der Waals surface area contributed by atoms with Gasteiger partial charge in [0.25, 0.3) is 0 Å². The van der Waals surface area contributed by atoms with Crippen molar-refractivity contribution in [1.29, 1.82) is 0 Å². The van der Waals surface area contributed by atoms with Gasteiger partial charge in [-0.05, 0) is 30.5 Å². The number of aromatic nitrogens is 2. The molecule has 0 spiro atoms. The van der Waals surface area contributed by atoms with Crippen LogP contribution in [0.3, 0.4) is 0 Å². The van der Waals surface area contributed by atoms with Crippen LogP contribution < -0.4 is 10.2 Å². The summed E-state index contributed by atoms with van der Waals surface area (Å²) in [5.41, 5.74) is 1.77. The Kier molecular flexibility index (Phi) is 5.58. The summed E-state index contributed by atoms with van der Waals surface area (Å²) >= 11 is 7.51. The van der Waals surface area contributed by atoms with Crippen molar-refractivity contribution >= 4 is 45.6 Å². The van der Waals surface area contributed by atoms with Gasteiger partial charge in [-0.3, -0.25) is 9.59 Å². The maximum atomic E-state index is 12.4. The Balaban J connectivity index is 1.69. The van der Waals surface area contributed by atoms with Gasteiger partial charge < -0.3 is 10.2 Å². The third kappa shape index (κ3) is 4.22. The summed E-state index contributed by atoms with van der Waals surface area (Å²) in [5.74, 6) is 0.220. The number of nitrogens with one attached hydrogen (secondary N) is 1. The maximum absolute atomic E-state index is 12.4. The second-order valence-corrected chi connectivity index (χ2v) is 8.35. The number of anilines is 2. The van der Waals surface area contributed by atoms with Gasteiger partial charge >= 0.3 is 0 Å². The Morgan fingerprint density at radius 3 is 2.88 bits per heavy atom. The van der Waals surface area contributed by atoms with Gasteiger partial charge in [0.1, 0.15) is 5.01 Å². The Hall–Kier alpha value is -1.99. The normalized spacial score (nSPS) is 17.2. The van der Waals surface area contributed by atoms with Crippen LogP contribution in [-0.2, 0) is 9.59 Å². The van der Waals surface area contributed by atoms with Gasteiger partial charge in [-0.15, -0.1) is 10.2 Å². The molecule has 0 unspecified atom stereocenters. The average molecular weight is 393 g/mol. The van der Waals surface area contributed by atoms with E-state index in [2.05, 4.69) is 15.5 Å². The first-order valence-corrected chi connectivity index (χ1v) is 9.72. The van der Waals surface area contributed by atoms with Gasteiger partial charge in [0.2, 0.25) is 16.9 Å². The number of carbonyl (C=O) groups excluding carboxylic acids is 2. The second kappa shape index (κ2) is 7.72. The van der Waals surface area contributed by atoms with Crippen molar-refractivity contribution in [3.8, 4) is 0 Å². The quantitative estimate of drug-likeness (QED) is 0.834. The minimum atomic E-state index is -0.0684. The first-order chi connectivity index (χ1) is 12.3. The number of aryl methyl sites for hydroxylation is 1. The third-order valence-corrected chi connectivity index (χ3v) is 5.63. The molecule has 8 heteroatoms. The molecule has 1 aliphatic heterocycles.